The first-order valence-electron chi connectivity index (χ1n) is 6.61. The van der Waals surface area contributed by atoms with Crippen molar-refractivity contribution in [2.75, 3.05) is 13.1 Å². The summed E-state index contributed by atoms with van der Waals surface area (Å²) in [6.45, 7) is 1.95. The SMILES string of the molecule is O=C1CCNCCC1C1CCCCCC1. The van der Waals surface area contributed by atoms with E-state index in [9.17, 15) is 4.79 Å². The highest BCUT2D eigenvalue weighted by Crippen LogP contribution is 2.32. The van der Waals surface area contributed by atoms with Crippen LogP contribution in [0, 0.1) is 11.8 Å². The van der Waals surface area contributed by atoms with Crippen molar-refractivity contribution in [2.45, 2.75) is 51.4 Å². The number of ketones is 1. The average Bonchev–Trinajstić information content (AvgIpc) is 2.59. The second-order valence-corrected chi connectivity index (χ2v) is 5.11. The highest BCUT2D eigenvalue weighted by molar-refractivity contribution is 5.81. The maximum Gasteiger partial charge on any atom is 0.137 e. The average molecular weight is 209 g/mol. The minimum Gasteiger partial charge on any atom is -0.316 e. The van der Waals surface area contributed by atoms with Gasteiger partial charge >= 0.3 is 0 Å². The first-order chi connectivity index (χ1) is 7.38. The van der Waals surface area contributed by atoms with Crippen LogP contribution in [0.25, 0.3) is 0 Å². The van der Waals surface area contributed by atoms with Crippen LogP contribution in [0.15, 0.2) is 0 Å². The van der Waals surface area contributed by atoms with Gasteiger partial charge in [0, 0.05) is 18.9 Å². The third kappa shape index (κ3) is 3.04. The van der Waals surface area contributed by atoms with Crippen molar-refractivity contribution in [1.82, 2.24) is 5.32 Å². The van der Waals surface area contributed by atoms with E-state index in [0.717, 1.165) is 25.9 Å². The Morgan fingerprint density at radius 1 is 0.933 bits per heavy atom. The third-order valence-corrected chi connectivity index (χ3v) is 4.06. The number of Topliss-reactive ketones (excluding diaryl/α,β-unsaturated/α-hetero) is 1. The lowest BCUT2D eigenvalue weighted by atomic mass is 9.81. The Labute approximate surface area is 92.8 Å². The van der Waals surface area contributed by atoms with E-state index in [2.05, 4.69) is 5.32 Å². The highest BCUT2D eigenvalue weighted by atomic mass is 16.1. The number of rotatable bonds is 1. The lowest BCUT2D eigenvalue weighted by Gasteiger charge is -2.23. The Morgan fingerprint density at radius 3 is 2.40 bits per heavy atom. The monoisotopic (exact) mass is 209 g/mol. The molecule has 1 N–H and O–H groups in total. The predicted octanol–water partition coefficient (Wildman–Crippen LogP) is 2.53. The predicted molar refractivity (Wildman–Crippen MR) is 61.8 cm³/mol. The Bertz CT molecular complexity index is 207. The van der Waals surface area contributed by atoms with Crippen LogP contribution in [0.4, 0.5) is 0 Å². The number of nitrogens with one attached hydrogen (secondary N) is 1. The van der Waals surface area contributed by atoms with Gasteiger partial charge in [-0.3, -0.25) is 4.79 Å². The van der Waals surface area contributed by atoms with Crippen LogP contribution >= 0.6 is 0 Å². The summed E-state index contributed by atoms with van der Waals surface area (Å²) in [5.74, 6) is 1.63. The molecule has 2 fully saturated rings. The van der Waals surface area contributed by atoms with Crippen LogP contribution in [0.1, 0.15) is 51.4 Å². The van der Waals surface area contributed by atoms with Crippen LogP contribution in [-0.2, 0) is 4.79 Å². The summed E-state index contributed by atoms with van der Waals surface area (Å²) >= 11 is 0. The highest BCUT2D eigenvalue weighted by Gasteiger charge is 2.28. The maximum absolute atomic E-state index is 12.0. The molecular formula is C13H23NO. The van der Waals surface area contributed by atoms with E-state index >= 15 is 0 Å². The van der Waals surface area contributed by atoms with Gasteiger partial charge in [-0.15, -0.1) is 0 Å². The molecule has 2 nitrogen and oxygen atoms in total. The van der Waals surface area contributed by atoms with Crippen molar-refractivity contribution in [2.24, 2.45) is 11.8 Å². The molecule has 0 bridgehead atoms. The maximum atomic E-state index is 12.0. The Hall–Kier alpha value is -0.370. The van der Waals surface area contributed by atoms with E-state index < -0.39 is 0 Å². The summed E-state index contributed by atoms with van der Waals surface area (Å²) in [4.78, 5) is 12.0. The number of carbonyl (C=O) groups is 1. The van der Waals surface area contributed by atoms with Crippen molar-refractivity contribution < 1.29 is 4.79 Å². The summed E-state index contributed by atoms with van der Waals surface area (Å²) in [6, 6.07) is 0. The fourth-order valence-corrected chi connectivity index (χ4v) is 3.15. The molecule has 1 unspecified atom stereocenters. The molecule has 2 heteroatoms. The molecule has 0 spiro atoms. The standard InChI is InChI=1S/C13H23NO/c15-13-8-10-14-9-7-12(13)11-5-3-1-2-4-6-11/h11-12,14H,1-10H2. The summed E-state index contributed by atoms with van der Waals surface area (Å²) < 4.78 is 0. The first kappa shape index (κ1) is 11.1. The van der Waals surface area contributed by atoms with Gasteiger partial charge in [0.2, 0.25) is 0 Å². The zero-order valence-corrected chi connectivity index (χ0v) is 9.63. The molecule has 2 aliphatic rings. The van der Waals surface area contributed by atoms with E-state index in [1.54, 1.807) is 0 Å². The zero-order valence-electron chi connectivity index (χ0n) is 9.63. The third-order valence-electron chi connectivity index (χ3n) is 4.06. The van der Waals surface area contributed by atoms with Gasteiger partial charge in [0.05, 0.1) is 0 Å². The van der Waals surface area contributed by atoms with E-state index in [4.69, 9.17) is 0 Å². The van der Waals surface area contributed by atoms with Crippen LogP contribution in [0.5, 0.6) is 0 Å². The van der Waals surface area contributed by atoms with Crippen molar-refractivity contribution in [3.63, 3.8) is 0 Å². The largest absolute Gasteiger partial charge is 0.316 e. The molecular weight excluding hydrogens is 186 g/mol. The van der Waals surface area contributed by atoms with Crippen molar-refractivity contribution >= 4 is 5.78 Å². The molecule has 1 saturated heterocycles. The summed E-state index contributed by atoms with van der Waals surface area (Å²) in [5, 5.41) is 3.34. The fraction of sp³-hybridized carbons (Fsp3) is 0.923. The molecule has 0 amide bonds. The lowest BCUT2D eigenvalue weighted by Crippen LogP contribution is -2.23. The van der Waals surface area contributed by atoms with Gasteiger partial charge < -0.3 is 5.32 Å². The van der Waals surface area contributed by atoms with E-state index in [1.807, 2.05) is 0 Å². The molecule has 0 radical (unpaired) electrons. The summed E-state index contributed by atoms with van der Waals surface area (Å²) in [5.41, 5.74) is 0. The molecule has 0 aromatic heterocycles. The van der Waals surface area contributed by atoms with Crippen molar-refractivity contribution in [1.29, 1.82) is 0 Å². The van der Waals surface area contributed by atoms with E-state index in [1.165, 1.54) is 38.5 Å². The summed E-state index contributed by atoms with van der Waals surface area (Å²) in [7, 11) is 0. The van der Waals surface area contributed by atoms with Gasteiger partial charge in [-0.2, -0.15) is 0 Å². The Balaban J connectivity index is 1.95. The zero-order chi connectivity index (χ0) is 10.5. The van der Waals surface area contributed by atoms with Crippen molar-refractivity contribution in [3.05, 3.63) is 0 Å². The Kier molecular flexibility index (Phi) is 4.18. The molecule has 1 aliphatic carbocycles. The molecule has 1 atom stereocenters. The van der Waals surface area contributed by atoms with Gasteiger partial charge in [-0.05, 0) is 31.7 Å². The van der Waals surface area contributed by atoms with Gasteiger partial charge in [0.15, 0.2) is 0 Å². The molecule has 15 heavy (non-hydrogen) atoms. The Morgan fingerprint density at radius 2 is 1.67 bits per heavy atom. The topological polar surface area (TPSA) is 29.1 Å². The van der Waals surface area contributed by atoms with Gasteiger partial charge in [0.1, 0.15) is 5.78 Å². The smallest absolute Gasteiger partial charge is 0.137 e. The molecule has 86 valence electrons. The van der Waals surface area contributed by atoms with Crippen molar-refractivity contribution in [3.8, 4) is 0 Å². The van der Waals surface area contributed by atoms with Crippen LogP contribution < -0.4 is 5.32 Å². The van der Waals surface area contributed by atoms with Gasteiger partial charge in [-0.1, -0.05) is 25.7 Å². The molecule has 0 aromatic rings. The van der Waals surface area contributed by atoms with Crippen LogP contribution in [-0.4, -0.2) is 18.9 Å². The van der Waals surface area contributed by atoms with Crippen LogP contribution in [0.2, 0.25) is 0 Å². The molecule has 1 heterocycles. The molecule has 2 rings (SSSR count). The number of hydrogen-bond donors (Lipinski definition) is 1. The first-order valence-corrected chi connectivity index (χ1v) is 6.61. The lowest BCUT2D eigenvalue weighted by molar-refractivity contribution is -0.124. The summed E-state index contributed by atoms with van der Waals surface area (Å²) in [6.07, 6.45) is 9.92. The second kappa shape index (κ2) is 5.64. The van der Waals surface area contributed by atoms with Gasteiger partial charge in [0.25, 0.3) is 0 Å². The van der Waals surface area contributed by atoms with Gasteiger partial charge in [-0.25, -0.2) is 0 Å². The number of carbonyl (C=O) groups excluding carboxylic acids is 1. The molecule has 0 aromatic carbocycles. The molecule has 1 aliphatic heterocycles. The number of hydrogen-bond acceptors (Lipinski definition) is 2. The quantitative estimate of drug-likeness (QED) is 0.672. The normalized spacial score (nSPS) is 30.9. The molecule has 1 saturated carbocycles. The van der Waals surface area contributed by atoms with E-state index in [-0.39, 0.29) is 0 Å². The van der Waals surface area contributed by atoms with E-state index in [0.29, 0.717) is 17.6 Å². The second-order valence-electron chi connectivity index (χ2n) is 5.11. The minimum atomic E-state index is 0.387. The van der Waals surface area contributed by atoms with Crippen LogP contribution in [0.3, 0.4) is 0 Å². The fourth-order valence-electron chi connectivity index (χ4n) is 3.15. The minimum absolute atomic E-state index is 0.387.